The molecule has 0 N–H and O–H groups in total. The second kappa shape index (κ2) is 24.9. The minimum absolute atomic E-state index is 0.0835. The predicted octanol–water partition coefficient (Wildman–Crippen LogP) is 32.8. The van der Waals surface area contributed by atoms with Crippen molar-refractivity contribution in [1.82, 2.24) is 0 Å². The second-order valence-electron chi connectivity index (χ2n) is 39.0. The first kappa shape index (κ1) is 72.0. The van der Waals surface area contributed by atoms with Crippen molar-refractivity contribution < 1.29 is 8.83 Å². The molecule has 123 heavy (non-hydrogen) atoms. The third-order valence-corrected chi connectivity index (χ3v) is 30.3. The molecule has 0 fully saturated rings. The van der Waals surface area contributed by atoms with Gasteiger partial charge in [0, 0.05) is 82.1 Å². The van der Waals surface area contributed by atoms with Crippen molar-refractivity contribution in [3.63, 3.8) is 0 Å². The van der Waals surface area contributed by atoms with Crippen molar-refractivity contribution in [1.29, 1.82) is 0 Å². The quantitative estimate of drug-likeness (QED) is 0.144. The number of benzene rings is 17. The molecule has 0 bridgehead atoms. The maximum absolute atomic E-state index is 7.29. The Labute approximate surface area is 719 Å². The van der Waals surface area contributed by atoms with Crippen LogP contribution >= 0.6 is 0 Å². The largest absolute Gasteiger partial charge is 0.455 e. The van der Waals surface area contributed by atoms with Crippen LogP contribution in [0.3, 0.4) is 0 Å². The van der Waals surface area contributed by atoms with Crippen LogP contribution in [0.2, 0.25) is 0 Å². The van der Waals surface area contributed by atoms with E-state index in [0.29, 0.717) is 0 Å². The van der Waals surface area contributed by atoms with E-state index in [1.807, 2.05) is 0 Å². The van der Waals surface area contributed by atoms with Crippen LogP contribution in [0.1, 0.15) is 150 Å². The fraction of sp³-hybridized carbons (Fsp3) is 0.150. The third-order valence-electron chi connectivity index (χ3n) is 30.3. The highest BCUT2D eigenvalue weighted by molar-refractivity contribution is 6.21. The smallest absolute Gasteiger partial charge is 0.143 e. The molecule has 25 rings (SSSR count). The van der Waals surface area contributed by atoms with E-state index in [1.54, 1.807) is 0 Å². The normalized spacial score (nSPS) is 15.7. The molecule has 0 saturated carbocycles. The van der Waals surface area contributed by atoms with Crippen molar-refractivity contribution in [3.05, 3.63) is 400 Å². The monoisotopic (exact) mass is 1580 g/mol. The Bertz CT molecular complexity index is 7510. The van der Waals surface area contributed by atoms with Gasteiger partial charge in [0.1, 0.15) is 22.3 Å². The van der Waals surface area contributed by atoms with Gasteiger partial charge in [-0.2, -0.15) is 0 Å². The third kappa shape index (κ3) is 9.88. The molecule has 0 spiro atoms. The molecule has 0 saturated heterocycles. The number of rotatable bonds is 9. The fourth-order valence-electron chi connectivity index (χ4n) is 23.6. The first-order valence-electron chi connectivity index (χ1n) is 43.9. The molecular formula is C120H91NO2. The fourth-order valence-corrected chi connectivity index (χ4v) is 23.6. The van der Waals surface area contributed by atoms with Gasteiger partial charge in [-0.05, 0) is 281 Å². The zero-order valence-corrected chi connectivity index (χ0v) is 71.5. The molecule has 0 unspecified atom stereocenters. The highest BCUT2D eigenvalue weighted by Crippen LogP contribution is 2.63. The van der Waals surface area contributed by atoms with E-state index >= 15 is 0 Å². The molecule has 588 valence electrons. The summed E-state index contributed by atoms with van der Waals surface area (Å²) < 4.78 is 14.6. The molecule has 0 amide bonds. The zero-order chi connectivity index (χ0) is 83.0. The highest BCUT2D eigenvalue weighted by atomic mass is 16.3. The number of hydrogen-bond donors (Lipinski definition) is 0. The number of fused-ring (bicyclic) bond motifs is 26. The van der Waals surface area contributed by atoms with Crippen molar-refractivity contribution in [2.75, 3.05) is 4.90 Å². The molecule has 0 aliphatic heterocycles. The summed E-state index contributed by atoms with van der Waals surface area (Å²) in [5.41, 5.74) is 51.0. The maximum Gasteiger partial charge on any atom is 0.143 e. The van der Waals surface area contributed by atoms with Crippen LogP contribution in [0.15, 0.2) is 342 Å². The van der Waals surface area contributed by atoms with Crippen LogP contribution in [-0.2, 0) is 32.5 Å². The van der Waals surface area contributed by atoms with Crippen molar-refractivity contribution in [2.45, 2.75) is 116 Å². The van der Waals surface area contributed by atoms with Gasteiger partial charge >= 0.3 is 0 Å². The number of nitrogens with zero attached hydrogens (tertiary/aromatic N) is 1. The van der Waals surface area contributed by atoms with Gasteiger partial charge in [0.25, 0.3) is 0 Å². The van der Waals surface area contributed by atoms with E-state index in [4.69, 9.17) is 8.83 Å². The standard InChI is InChI=1S/C120H91NO2/c1-115(2)94-35-23-19-31-79(94)81-48-39-71(58-96(81)115)73-41-50-83-85-52-43-75(62-100(85)117(5,6)98(83)60-73)92-66-104-109(111-89-33-21-25-37-107(89)122-113(92)111)87-54-46-77(64-102(87)119(104,9)10)121(106-56-45-70(68-27-15-13-16-28-68)57-91(106)69-29-17-14-18-30-69)78-47-55-88-103(65-78)120(11,12)105-67-93(114-112(110(88)105)90-34-22-26-38-108(90)123-114)76-44-53-86-84-51-42-74(61-99(84)118(7,8)101(86)63-76)72-40-49-82-80-32-20-24-36-95(80)116(3,4)97(82)59-72/h13-67H,1-12H3. The predicted molar refractivity (Wildman–Crippen MR) is 514 cm³/mol. The van der Waals surface area contributed by atoms with Crippen molar-refractivity contribution in [3.8, 4) is 134 Å². The Morgan fingerprint density at radius 3 is 0.886 bits per heavy atom. The van der Waals surface area contributed by atoms with Crippen molar-refractivity contribution in [2.24, 2.45) is 0 Å². The molecule has 6 aliphatic rings. The van der Waals surface area contributed by atoms with E-state index in [-0.39, 0.29) is 21.7 Å². The number of para-hydroxylation sites is 2. The van der Waals surface area contributed by atoms with E-state index in [2.05, 4.69) is 422 Å². The number of hydrogen-bond acceptors (Lipinski definition) is 3. The van der Waals surface area contributed by atoms with Gasteiger partial charge < -0.3 is 13.7 Å². The summed E-state index contributed by atoms with van der Waals surface area (Å²) in [5, 5.41) is 4.58. The molecule has 0 atom stereocenters. The lowest BCUT2D eigenvalue weighted by Crippen LogP contribution is -2.18. The summed E-state index contributed by atoms with van der Waals surface area (Å²) in [4.78, 5) is 2.57. The molecule has 2 aromatic heterocycles. The summed E-state index contributed by atoms with van der Waals surface area (Å²) in [6, 6.07) is 127. The van der Waals surface area contributed by atoms with Gasteiger partial charge in [0.15, 0.2) is 0 Å². The van der Waals surface area contributed by atoms with Gasteiger partial charge in [-0.3, -0.25) is 0 Å². The molecule has 3 heteroatoms. The molecule has 0 radical (unpaired) electrons. The zero-order valence-electron chi connectivity index (χ0n) is 71.5. The lowest BCUT2D eigenvalue weighted by Gasteiger charge is -2.31. The van der Waals surface area contributed by atoms with Crippen LogP contribution in [0.4, 0.5) is 17.1 Å². The van der Waals surface area contributed by atoms with Gasteiger partial charge in [-0.15, -0.1) is 0 Å². The van der Waals surface area contributed by atoms with Crippen LogP contribution in [0.5, 0.6) is 0 Å². The lowest BCUT2D eigenvalue weighted by molar-refractivity contribution is 0.656. The molecule has 2 heterocycles. The summed E-state index contributed by atoms with van der Waals surface area (Å²) in [6.45, 7) is 29.0. The first-order chi connectivity index (χ1) is 59.5. The molecule has 3 nitrogen and oxygen atoms in total. The van der Waals surface area contributed by atoms with Gasteiger partial charge in [0.05, 0.1) is 5.69 Å². The van der Waals surface area contributed by atoms with E-state index in [0.717, 1.165) is 99.9 Å². The van der Waals surface area contributed by atoms with Crippen LogP contribution < -0.4 is 4.90 Å². The Kier molecular flexibility index (Phi) is 14.6. The Morgan fingerprint density at radius 2 is 0.480 bits per heavy atom. The Hall–Kier alpha value is -13.9. The summed E-state index contributed by atoms with van der Waals surface area (Å²) >= 11 is 0. The average molecular weight is 1580 g/mol. The number of anilines is 3. The minimum atomic E-state index is -0.458. The van der Waals surface area contributed by atoms with Crippen LogP contribution in [-0.4, -0.2) is 0 Å². The van der Waals surface area contributed by atoms with E-state index in [1.165, 1.54) is 161 Å². The summed E-state index contributed by atoms with van der Waals surface area (Å²) in [5.74, 6) is 0. The van der Waals surface area contributed by atoms with Crippen LogP contribution in [0, 0.1) is 0 Å². The second-order valence-corrected chi connectivity index (χ2v) is 39.0. The summed E-state index contributed by atoms with van der Waals surface area (Å²) in [6.07, 6.45) is 0. The van der Waals surface area contributed by atoms with Crippen LogP contribution in [0.25, 0.3) is 177 Å². The van der Waals surface area contributed by atoms with E-state index < -0.39 is 10.8 Å². The molecule has 19 aromatic rings. The number of furan rings is 2. The molecule has 6 aliphatic carbocycles. The minimum Gasteiger partial charge on any atom is -0.455 e. The molecular weight excluding hydrogens is 1490 g/mol. The Morgan fingerprint density at radius 1 is 0.187 bits per heavy atom. The van der Waals surface area contributed by atoms with Crippen molar-refractivity contribution >= 4 is 60.9 Å². The van der Waals surface area contributed by atoms with Gasteiger partial charge in [-0.25, -0.2) is 0 Å². The average Bonchev–Trinajstić information content (AvgIpc) is 1.53. The summed E-state index contributed by atoms with van der Waals surface area (Å²) in [7, 11) is 0. The van der Waals surface area contributed by atoms with Gasteiger partial charge in [-0.1, -0.05) is 320 Å². The highest BCUT2D eigenvalue weighted by Gasteiger charge is 2.46. The first-order valence-corrected chi connectivity index (χ1v) is 43.9. The maximum atomic E-state index is 7.29. The SMILES string of the molecule is CC1(C)c2ccccc2-c2ccc(-c3ccc4c(c3)C(C)(C)c3cc(-c5cc6c(c7c5oc5ccccc57)-c5ccc(N(c7ccc8c(c7)C(C)(C)c7cc(-c9ccc%10c(c9)C(C)(C)c9cc(-c%11ccc%12c(c%11)C(C)(C)c%11ccccc%11-%12)ccc9-%10)c9oc%10ccccc%10c9c7-8)c7ccc(-c8ccccc8)cc7-c7ccccc7)cc5C6(C)C)ccc3-4)cc21. The lowest BCUT2D eigenvalue weighted by atomic mass is 9.79. The Balaban J connectivity index is 0.612. The molecule has 17 aromatic carbocycles. The van der Waals surface area contributed by atoms with E-state index in [9.17, 15) is 0 Å². The van der Waals surface area contributed by atoms with Gasteiger partial charge in [0.2, 0.25) is 0 Å². The topological polar surface area (TPSA) is 29.5 Å².